The lowest BCUT2D eigenvalue weighted by Gasteiger charge is -2.31. The molecule has 0 radical (unpaired) electrons. The Balaban J connectivity index is 1.91. The third-order valence-corrected chi connectivity index (χ3v) is 4.18. The van der Waals surface area contributed by atoms with Gasteiger partial charge in [-0.15, -0.1) is 0 Å². The first-order valence-electron chi connectivity index (χ1n) is 6.71. The van der Waals surface area contributed by atoms with E-state index in [1.165, 1.54) is 17.3 Å². The number of rotatable bonds is 2. The van der Waals surface area contributed by atoms with Crippen molar-refractivity contribution >= 4 is 27.3 Å². The van der Waals surface area contributed by atoms with Crippen LogP contribution in [-0.2, 0) is 13.0 Å². The number of anilines is 2. The first-order chi connectivity index (χ1) is 9.63. The fourth-order valence-electron chi connectivity index (χ4n) is 2.73. The summed E-state index contributed by atoms with van der Waals surface area (Å²) in [5, 5.41) is 0. The number of hydrogen-bond acceptors (Lipinski definition) is 2. The fraction of sp³-hybridized carbons (Fsp3) is 0.250. The van der Waals surface area contributed by atoms with Crippen molar-refractivity contribution in [3.05, 3.63) is 57.8 Å². The van der Waals surface area contributed by atoms with E-state index in [1.54, 1.807) is 6.07 Å². The monoisotopic (exact) mass is 334 g/mol. The molecule has 1 heterocycles. The Morgan fingerprint density at radius 2 is 2.05 bits per heavy atom. The lowest BCUT2D eigenvalue weighted by Crippen LogP contribution is -2.29. The summed E-state index contributed by atoms with van der Waals surface area (Å²) in [6.45, 7) is 1.53. The largest absolute Gasteiger partial charge is 0.399 e. The van der Waals surface area contributed by atoms with Crippen LogP contribution in [0.3, 0.4) is 0 Å². The number of halogens is 2. The van der Waals surface area contributed by atoms with Crippen LogP contribution in [0.2, 0.25) is 0 Å². The molecule has 0 atom stereocenters. The summed E-state index contributed by atoms with van der Waals surface area (Å²) in [5.41, 5.74) is 9.77. The SMILES string of the molecule is Nc1ccc2c(c1)CCCN2Cc1cc(Br)ccc1F. The van der Waals surface area contributed by atoms with Gasteiger partial charge in [0, 0.05) is 34.5 Å². The zero-order valence-corrected chi connectivity index (χ0v) is 12.7. The molecule has 20 heavy (non-hydrogen) atoms. The zero-order valence-electron chi connectivity index (χ0n) is 11.1. The van der Waals surface area contributed by atoms with Crippen LogP contribution >= 0.6 is 15.9 Å². The van der Waals surface area contributed by atoms with Crippen molar-refractivity contribution in [3.63, 3.8) is 0 Å². The molecule has 1 aliphatic rings. The quantitative estimate of drug-likeness (QED) is 0.837. The molecule has 0 saturated carbocycles. The smallest absolute Gasteiger partial charge is 0.128 e. The zero-order chi connectivity index (χ0) is 14.1. The Labute approximate surface area is 126 Å². The van der Waals surface area contributed by atoms with Crippen molar-refractivity contribution in [1.82, 2.24) is 0 Å². The van der Waals surface area contributed by atoms with E-state index in [-0.39, 0.29) is 5.82 Å². The van der Waals surface area contributed by atoms with Gasteiger partial charge in [-0.1, -0.05) is 15.9 Å². The molecule has 0 aromatic heterocycles. The van der Waals surface area contributed by atoms with Crippen LogP contribution in [0.25, 0.3) is 0 Å². The molecule has 2 nitrogen and oxygen atoms in total. The highest BCUT2D eigenvalue weighted by Gasteiger charge is 2.18. The van der Waals surface area contributed by atoms with Gasteiger partial charge in [-0.3, -0.25) is 0 Å². The van der Waals surface area contributed by atoms with Gasteiger partial charge in [-0.25, -0.2) is 4.39 Å². The summed E-state index contributed by atoms with van der Waals surface area (Å²) in [7, 11) is 0. The highest BCUT2D eigenvalue weighted by atomic mass is 79.9. The Morgan fingerprint density at radius 3 is 2.90 bits per heavy atom. The topological polar surface area (TPSA) is 29.3 Å². The van der Waals surface area contributed by atoms with Gasteiger partial charge in [0.2, 0.25) is 0 Å². The van der Waals surface area contributed by atoms with E-state index in [1.807, 2.05) is 24.3 Å². The molecule has 3 rings (SSSR count). The minimum absolute atomic E-state index is 0.157. The fourth-order valence-corrected chi connectivity index (χ4v) is 3.14. The normalized spacial score (nSPS) is 14.2. The molecular formula is C16H16BrFN2. The third-order valence-electron chi connectivity index (χ3n) is 3.69. The van der Waals surface area contributed by atoms with E-state index in [0.29, 0.717) is 12.1 Å². The Morgan fingerprint density at radius 1 is 1.20 bits per heavy atom. The lowest BCUT2D eigenvalue weighted by molar-refractivity contribution is 0.597. The first-order valence-corrected chi connectivity index (χ1v) is 7.50. The van der Waals surface area contributed by atoms with Gasteiger partial charge >= 0.3 is 0 Å². The number of hydrogen-bond donors (Lipinski definition) is 1. The first kappa shape index (κ1) is 13.4. The number of fused-ring (bicyclic) bond motifs is 1. The van der Waals surface area contributed by atoms with Gasteiger partial charge in [0.05, 0.1) is 0 Å². The highest BCUT2D eigenvalue weighted by Crippen LogP contribution is 2.30. The predicted octanol–water partition coefficient (Wildman–Crippen LogP) is 4.12. The maximum Gasteiger partial charge on any atom is 0.128 e. The molecule has 0 unspecified atom stereocenters. The van der Waals surface area contributed by atoms with Crippen molar-refractivity contribution in [2.24, 2.45) is 0 Å². The summed E-state index contributed by atoms with van der Waals surface area (Å²) in [6, 6.07) is 11.1. The van der Waals surface area contributed by atoms with Crippen molar-refractivity contribution in [3.8, 4) is 0 Å². The van der Waals surface area contributed by atoms with Crippen LogP contribution in [0.4, 0.5) is 15.8 Å². The molecule has 4 heteroatoms. The van der Waals surface area contributed by atoms with Crippen molar-refractivity contribution in [2.75, 3.05) is 17.2 Å². The van der Waals surface area contributed by atoms with Crippen molar-refractivity contribution < 1.29 is 4.39 Å². The molecule has 0 amide bonds. The Hall–Kier alpha value is -1.55. The molecule has 0 fully saturated rings. The summed E-state index contributed by atoms with van der Waals surface area (Å²) in [5.74, 6) is -0.157. The van der Waals surface area contributed by atoms with Gasteiger partial charge in [-0.2, -0.15) is 0 Å². The number of nitrogen functional groups attached to an aromatic ring is 1. The third kappa shape index (κ3) is 2.66. The maximum atomic E-state index is 13.9. The Kier molecular flexibility index (Phi) is 3.66. The molecule has 0 saturated heterocycles. The van der Waals surface area contributed by atoms with Crippen LogP contribution in [0, 0.1) is 5.82 Å². The molecular weight excluding hydrogens is 319 g/mol. The number of aryl methyl sites for hydroxylation is 1. The van der Waals surface area contributed by atoms with Gasteiger partial charge in [0.1, 0.15) is 5.82 Å². The second-order valence-electron chi connectivity index (χ2n) is 5.15. The molecule has 1 aliphatic heterocycles. The predicted molar refractivity (Wildman–Crippen MR) is 84.3 cm³/mol. The number of nitrogens with two attached hydrogens (primary N) is 1. The second-order valence-corrected chi connectivity index (χ2v) is 6.06. The van der Waals surface area contributed by atoms with Gasteiger partial charge in [0.25, 0.3) is 0 Å². The van der Waals surface area contributed by atoms with E-state index in [2.05, 4.69) is 20.8 Å². The molecule has 2 aromatic carbocycles. The van der Waals surface area contributed by atoms with Crippen LogP contribution in [-0.4, -0.2) is 6.54 Å². The maximum absolute atomic E-state index is 13.9. The molecule has 0 spiro atoms. The molecule has 0 aliphatic carbocycles. The van der Waals surface area contributed by atoms with Crippen molar-refractivity contribution in [2.45, 2.75) is 19.4 Å². The average Bonchev–Trinajstić information content (AvgIpc) is 2.43. The highest BCUT2D eigenvalue weighted by molar-refractivity contribution is 9.10. The summed E-state index contributed by atoms with van der Waals surface area (Å²) in [6.07, 6.45) is 2.11. The van der Waals surface area contributed by atoms with Gasteiger partial charge in [-0.05, 0) is 54.8 Å². The summed E-state index contributed by atoms with van der Waals surface area (Å²) in [4.78, 5) is 2.23. The van der Waals surface area contributed by atoms with Gasteiger partial charge < -0.3 is 10.6 Å². The van der Waals surface area contributed by atoms with Crippen LogP contribution in [0.1, 0.15) is 17.5 Å². The van der Waals surface area contributed by atoms with E-state index in [9.17, 15) is 4.39 Å². The van der Waals surface area contributed by atoms with Crippen LogP contribution in [0.15, 0.2) is 40.9 Å². The van der Waals surface area contributed by atoms with Crippen LogP contribution in [0.5, 0.6) is 0 Å². The number of benzene rings is 2. The standard InChI is InChI=1S/C16H16BrFN2/c17-13-3-5-15(18)12(8-13)10-20-7-1-2-11-9-14(19)4-6-16(11)20/h3-6,8-9H,1-2,7,10,19H2. The number of nitrogens with zero attached hydrogens (tertiary/aromatic N) is 1. The van der Waals surface area contributed by atoms with E-state index in [4.69, 9.17) is 5.73 Å². The van der Waals surface area contributed by atoms with E-state index < -0.39 is 0 Å². The minimum Gasteiger partial charge on any atom is -0.399 e. The molecule has 0 bridgehead atoms. The molecule has 2 N–H and O–H groups in total. The molecule has 2 aromatic rings. The summed E-state index contributed by atoms with van der Waals surface area (Å²) < 4.78 is 14.8. The minimum atomic E-state index is -0.157. The molecule has 104 valence electrons. The van der Waals surface area contributed by atoms with E-state index in [0.717, 1.165) is 29.5 Å². The second kappa shape index (κ2) is 5.44. The summed E-state index contributed by atoms with van der Waals surface area (Å²) >= 11 is 3.40. The Bertz CT molecular complexity index is 642. The van der Waals surface area contributed by atoms with Gasteiger partial charge in [0.15, 0.2) is 0 Å². The average molecular weight is 335 g/mol. The van der Waals surface area contributed by atoms with E-state index >= 15 is 0 Å². The lowest BCUT2D eigenvalue weighted by atomic mass is 10.0. The van der Waals surface area contributed by atoms with Crippen molar-refractivity contribution in [1.29, 1.82) is 0 Å². The van der Waals surface area contributed by atoms with Crippen LogP contribution < -0.4 is 10.6 Å².